The minimum absolute atomic E-state index is 0.151. The third-order valence-electron chi connectivity index (χ3n) is 4.85. The van der Waals surface area contributed by atoms with E-state index in [1.165, 1.54) is 7.11 Å². The number of rotatable bonds is 2. The van der Waals surface area contributed by atoms with Gasteiger partial charge in [0.2, 0.25) is 0 Å². The van der Waals surface area contributed by atoms with E-state index in [0.717, 1.165) is 11.1 Å². The second-order valence-electron chi connectivity index (χ2n) is 6.68. The largest absolute Gasteiger partial charge is 0.464 e. The van der Waals surface area contributed by atoms with Crippen LogP contribution in [0.3, 0.4) is 0 Å². The highest BCUT2D eigenvalue weighted by Gasteiger charge is 2.49. The van der Waals surface area contributed by atoms with Crippen molar-refractivity contribution in [1.29, 1.82) is 0 Å². The third kappa shape index (κ3) is 2.78. The van der Waals surface area contributed by atoms with Gasteiger partial charge in [0.15, 0.2) is 0 Å². The molecule has 1 aromatic heterocycles. The van der Waals surface area contributed by atoms with Crippen LogP contribution in [0.25, 0.3) is 11.0 Å². The van der Waals surface area contributed by atoms with E-state index in [2.05, 4.69) is 0 Å². The fourth-order valence-electron chi connectivity index (χ4n) is 3.56. The maximum Gasteiger partial charge on any atom is 0.379 e. The van der Waals surface area contributed by atoms with Crippen LogP contribution in [0, 0.1) is 6.92 Å². The molecule has 138 valence electrons. The van der Waals surface area contributed by atoms with Gasteiger partial charge in [0.1, 0.15) is 11.3 Å². The average molecular weight is 366 g/mol. The number of esters is 1. The molecule has 1 aliphatic heterocycles. The van der Waals surface area contributed by atoms with Crippen LogP contribution in [0.5, 0.6) is 5.75 Å². The monoisotopic (exact) mass is 366 g/mol. The number of hydrogen-bond donors (Lipinski definition) is 1. The zero-order valence-corrected chi connectivity index (χ0v) is 14.9. The molecule has 2 unspecified atom stereocenters. The first-order valence-corrected chi connectivity index (χ1v) is 8.55. The molecular formula is C21H18O6. The molecule has 4 rings (SSSR count). The minimum Gasteiger partial charge on any atom is -0.464 e. The third-order valence-corrected chi connectivity index (χ3v) is 4.85. The summed E-state index contributed by atoms with van der Waals surface area (Å²) in [7, 11) is 1.18. The molecule has 2 aromatic carbocycles. The van der Waals surface area contributed by atoms with E-state index in [4.69, 9.17) is 13.9 Å². The van der Waals surface area contributed by atoms with Gasteiger partial charge in [-0.15, -0.1) is 0 Å². The molecule has 3 aromatic rings. The number of ether oxygens (including phenoxy) is 2. The first-order chi connectivity index (χ1) is 12.9. The van der Waals surface area contributed by atoms with E-state index >= 15 is 0 Å². The molecule has 0 saturated heterocycles. The lowest BCUT2D eigenvalue weighted by Crippen LogP contribution is -2.50. The Hall–Kier alpha value is -3.12. The Labute approximate surface area is 155 Å². The molecule has 1 N–H and O–H groups in total. The smallest absolute Gasteiger partial charge is 0.379 e. The molecular weight excluding hydrogens is 348 g/mol. The summed E-state index contributed by atoms with van der Waals surface area (Å²) >= 11 is 0. The van der Waals surface area contributed by atoms with Crippen LogP contribution in [0.4, 0.5) is 0 Å². The lowest BCUT2D eigenvalue weighted by molar-refractivity contribution is -0.202. The second-order valence-corrected chi connectivity index (χ2v) is 6.68. The van der Waals surface area contributed by atoms with Crippen LogP contribution < -0.4 is 10.4 Å². The van der Waals surface area contributed by atoms with Gasteiger partial charge in [0, 0.05) is 12.3 Å². The van der Waals surface area contributed by atoms with E-state index in [0.29, 0.717) is 11.0 Å². The van der Waals surface area contributed by atoms with Crippen molar-refractivity contribution in [2.75, 3.05) is 7.11 Å². The summed E-state index contributed by atoms with van der Waals surface area (Å²) in [4.78, 5) is 25.0. The van der Waals surface area contributed by atoms with E-state index in [1.807, 2.05) is 43.3 Å². The van der Waals surface area contributed by atoms with Gasteiger partial charge in [-0.2, -0.15) is 0 Å². The number of aryl methyl sites for hydroxylation is 1. The highest BCUT2D eigenvalue weighted by atomic mass is 16.7. The molecule has 0 amide bonds. The van der Waals surface area contributed by atoms with Gasteiger partial charge >= 0.3 is 17.4 Å². The number of fused-ring (bicyclic) bond motifs is 3. The van der Waals surface area contributed by atoms with E-state index in [-0.39, 0.29) is 17.7 Å². The number of aliphatic hydroxyl groups is 1. The quantitative estimate of drug-likeness (QED) is 0.554. The summed E-state index contributed by atoms with van der Waals surface area (Å²) in [5.41, 5.74) is 1.74. The molecule has 0 saturated carbocycles. The normalized spacial score (nSPS) is 21.4. The number of carbonyl (C=O) groups excluding carboxylic acids is 1. The Morgan fingerprint density at radius 3 is 2.67 bits per heavy atom. The molecule has 6 nitrogen and oxygen atoms in total. The summed E-state index contributed by atoms with van der Waals surface area (Å²) in [6, 6.07) is 14.4. The number of carbonyl (C=O) groups is 1. The van der Waals surface area contributed by atoms with Gasteiger partial charge in [0.25, 0.3) is 0 Å². The van der Waals surface area contributed by atoms with Crippen LogP contribution in [0.1, 0.15) is 29.0 Å². The summed E-state index contributed by atoms with van der Waals surface area (Å²) in [5.74, 6) is -3.55. The summed E-state index contributed by atoms with van der Waals surface area (Å²) in [5, 5.41) is 11.4. The SMILES string of the molecule is COC(=O)C1(O)CC(c2ccccc2)c2c(c3cc(C)ccc3oc2=O)O1. The lowest BCUT2D eigenvalue weighted by atomic mass is 9.83. The molecule has 0 fully saturated rings. The average Bonchev–Trinajstić information content (AvgIpc) is 2.68. The van der Waals surface area contributed by atoms with E-state index < -0.39 is 23.3 Å². The van der Waals surface area contributed by atoms with Crippen LogP contribution in [-0.2, 0) is 9.53 Å². The molecule has 2 heterocycles. The van der Waals surface area contributed by atoms with Crippen molar-refractivity contribution in [3.05, 3.63) is 75.6 Å². The Morgan fingerprint density at radius 2 is 1.96 bits per heavy atom. The maximum atomic E-state index is 12.8. The Morgan fingerprint density at radius 1 is 1.22 bits per heavy atom. The maximum absolute atomic E-state index is 12.8. The minimum atomic E-state index is -2.20. The molecule has 0 bridgehead atoms. The molecule has 0 spiro atoms. The van der Waals surface area contributed by atoms with Crippen molar-refractivity contribution in [2.24, 2.45) is 0 Å². The topological polar surface area (TPSA) is 86.0 Å². The van der Waals surface area contributed by atoms with Crippen molar-refractivity contribution >= 4 is 16.9 Å². The van der Waals surface area contributed by atoms with Crippen LogP contribution in [0.2, 0.25) is 0 Å². The predicted octanol–water partition coefficient (Wildman–Crippen LogP) is 2.88. The lowest BCUT2D eigenvalue weighted by Gasteiger charge is -2.36. The molecule has 27 heavy (non-hydrogen) atoms. The Kier molecular flexibility index (Phi) is 4.00. The first-order valence-electron chi connectivity index (χ1n) is 8.55. The van der Waals surface area contributed by atoms with Crippen LogP contribution in [-0.4, -0.2) is 24.0 Å². The van der Waals surface area contributed by atoms with Crippen molar-refractivity contribution in [3.63, 3.8) is 0 Å². The fraction of sp³-hybridized carbons (Fsp3) is 0.238. The second kappa shape index (κ2) is 6.25. The molecule has 0 aliphatic carbocycles. The van der Waals surface area contributed by atoms with Gasteiger partial charge in [0.05, 0.1) is 18.1 Å². The predicted molar refractivity (Wildman–Crippen MR) is 97.7 cm³/mol. The molecule has 0 radical (unpaired) electrons. The zero-order valence-electron chi connectivity index (χ0n) is 14.9. The van der Waals surface area contributed by atoms with Crippen LogP contribution in [0.15, 0.2) is 57.7 Å². The molecule has 1 aliphatic rings. The highest BCUT2D eigenvalue weighted by molar-refractivity contribution is 5.87. The summed E-state index contributed by atoms with van der Waals surface area (Å²) < 4.78 is 15.9. The van der Waals surface area contributed by atoms with Crippen LogP contribution >= 0.6 is 0 Å². The number of benzene rings is 2. The highest BCUT2D eigenvalue weighted by Crippen LogP contribution is 2.45. The standard InChI is InChI=1S/C21H18O6/c1-12-8-9-16-14(10-12)18-17(19(22)26-16)15(13-6-4-3-5-7-13)11-21(24,27-18)20(23)25-2/h3-10,15,24H,11H2,1-2H3. The zero-order chi connectivity index (χ0) is 19.2. The van der Waals surface area contributed by atoms with Gasteiger partial charge < -0.3 is 19.0 Å². The van der Waals surface area contributed by atoms with E-state index in [1.54, 1.807) is 12.1 Å². The first kappa shape index (κ1) is 17.3. The van der Waals surface area contributed by atoms with Crippen molar-refractivity contribution in [2.45, 2.75) is 25.0 Å². The van der Waals surface area contributed by atoms with Crippen molar-refractivity contribution in [1.82, 2.24) is 0 Å². The molecule has 6 heteroatoms. The number of hydrogen-bond acceptors (Lipinski definition) is 6. The van der Waals surface area contributed by atoms with Gasteiger partial charge in [-0.1, -0.05) is 42.0 Å². The number of methoxy groups -OCH3 is 1. The summed E-state index contributed by atoms with van der Waals surface area (Å²) in [6.07, 6.45) is -0.154. The Bertz CT molecular complexity index is 1090. The van der Waals surface area contributed by atoms with Crippen molar-refractivity contribution < 1.29 is 23.8 Å². The fourth-order valence-corrected chi connectivity index (χ4v) is 3.56. The van der Waals surface area contributed by atoms with Gasteiger partial charge in [-0.05, 0) is 24.6 Å². The van der Waals surface area contributed by atoms with Gasteiger partial charge in [-0.25, -0.2) is 9.59 Å². The van der Waals surface area contributed by atoms with Gasteiger partial charge in [-0.3, -0.25) is 0 Å². The Balaban J connectivity index is 2.04. The summed E-state index contributed by atoms with van der Waals surface area (Å²) in [6.45, 7) is 1.89. The van der Waals surface area contributed by atoms with Crippen molar-refractivity contribution in [3.8, 4) is 5.75 Å². The molecule has 2 atom stereocenters. The van der Waals surface area contributed by atoms with E-state index in [9.17, 15) is 14.7 Å².